The van der Waals surface area contributed by atoms with E-state index in [-0.39, 0.29) is 12.6 Å². The third-order valence-electron chi connectivity index (χ3n) is 4.48. The normalized spacial score (nSPS) is 20.8. The van der Waals surface area contributed by atoms with Gasteiger partial charge in [0.25, 0.3) is 0 Å². The Morgan fingerprint density at radius 3 is 2.52 bits per heavy atom. The molecule has 6 heteroatoms. The molecule has 1 heterocycles. The van der Waals surface area contributed by atoms with Gasteiger partial charge in [0.2, 0.25) is 0 Å². The molecule has 0 aromatic rings. The Labute approximate surface area is 125 Å². The SMILES string of the molecule is CCCCN(C(=O)NCC1(C(=O)O)CCOCC1)C1CC1. The lowest BCUT2D eigenvalue weighted by atomic mass is 9.80. The molecule has 2 aliphatic rings. The highest BCUT2D eigenvalue weighted by Crippen LogP contribution is 2.31. The zero-order chi connectivity index (χ0) is 15.3. The number of hydrogen-bond acceptors (Lipinski definition) is 3. The smallest absolute Gasteiger partial charge is 0.317 e. The predicted molar refractivity (Wildman–Crippen MR) is 78.2 cm³/mol. The zero-order valence-electron chi connectivity index (χ0n) is 12.8. The molecule has 6 nitrogen and oxygen atoms in total. The summed E-state index contributed by atoms with van der Waals surface area (Å²) < 4.78 is 5.24. The van der Waals surface area contributed by atoms with Crippen molar-refractivity contribution in [2.45, 2.75) is 51.5 Å². The van der Waals surface area contributed by atoms with Gasteiger partial charge in [-0.05, 0) is 32.1 Å². The molecule has 1 aliphatic heterocycles. The van der Waals surface area contributed by atoms with Crippen LogP contribution in [-0.2, 0) is 9.53 Å². The first-order chi connectivity index (χ1) is 10.1. The number of unbranched alkanes of at least 4 members (excludes halogenated alkanes) is 1. The van der Waals surface area contributed by atoms with Gasteiger partial charge in [-0.3, -0.25) is 4.79 Å². The summed E-state index contributed by atoms with van der Waals surface area (Å²) in [5, 5.41) is 12.3. The van der Waals surface area contributed by atoms with Crippen molar-refractivity contribution in [2.24, 2.45) is 5.41 Å². The maximum absolute atomic E-state index is 12.3. The molecule has 0 radical (unpaired) electrons. The van der Waals surface area contributed by atoms with Crippen LogP contribution < -0.4 is 5.32 Å². The minimum absolute atomic E-state index is 0.113. The minimum atomic E-state index is -0.867. The van der Waals surface area contributed by atoms with Gasteiger partial charge in [0, 0.05) is 32.3 Å². The van der Waals surface area contributed by atoms with Gasteiger partial charge in [-0.15, -0.1) is 0 Å². The van der Waals surface area contributed by atoms with Crippen molar-refractivity contribution < 1.29 is 19.4 Å². The topological polar surface area (TPSA) is 78.9 Å². The summed E-state index contributed by atoms with van der Waals surface area (Å²) in [6.07, 6.45) is 5.08. The van der Waals surface area contributed by atoms with E-state index in [2.05, 4.69) is 12.2 Å². The van der Waals surface area contributed by atoms with Gasteiger partial charge in [-0.1, -0.05) is 13.3 Å². The molecule has 1 aliphatic carbocycles. The number of nitrogens with one attached hydrogen (secondary N) is 1. The van der Waals surface area contributed by atoms with Crippen molar-refractivity contribution >= 4 is 12.0 Å². The van der Waals surface area contributed by atoms with Crippen LogP contribution in [0, 0.1) is 5.41 Å². The Morgan fingerprint density at radius 2 is 2.00 bits per heavy atom. The first kappa shape index (κ1) is 16.1. The number of carboxylic acids is 1. The Kier molecular flexibility index (Phi) is 5.45. The second kappa shape index (κ2) is 7.11. The van der Waals surface area contributed by atoms with Crippen LogP contribution in [0.3, 0.4) is 0 Å². The number of hydrogen-bond donors (Lipinski definition) is 2. The molecule has 120 valence electrons. The van der Waals surface area contributed by atoms with Gasteiger partial charge in [0.15, 0.2) is 0 Å². The summed E-state index contributed by atoms with van der Waals surface area (Å²) in [6.45, 7) is 3.95. The number of aliphatic carboxylic acids is 1. The molecule has 21 heavy (non-hydrogen) atoms. The summed E-state index contributed by atoms with van der Waals surface area (Å²) in [6, 6.07) is 0.241. The molecule has 2 amide bonds. The van der Waals surface area contributed by atoms with Crippen LogP contribution >= 0.6 is 0 Å². The lowest BCUT2D eigenvalue weighted by Crippen LogP contribution is -2.50. The molecule has 2 rings (SSSR count). The van der Waals surface area contributed by atoms with Gasteiger partial charge in [0.1, 0.15) is 0 Å². The Bertz CT molecular complexity index is 376. The molecule has 2 N–H and O–H groups in total. The van der Waals surface area contributed by atoms with Gasteiger partial charge in [-0.2, -0.15) is 0 Å². The van der Waals surface area contributed by atoms with Crippen LogP contribution in [0.2, 0.25) is 0 Å². The molecule has 0 aromatic heterocycles. The lowest BCUT2D eigenvalue weighted by Gasteiger charge is -2.34. The van der Waals surface area contributed by atoms with Gasteiger partial charge >= 0.3 is 12.0 Å². The highest BCUT2D eigenvalue weighted by atomic mass is 16.5. The van der Waals surface area contributed by atoms with Crippen LogP contribution in [0.1, 0.15) is 45.4 Å². The maximum Gasteiger partial charge on any atom is 0.317 e. The van der Waals surface area contributed by atoms with Crippen molar-refractivity contribution in [3.05, 3.63) is 0 Å². The van der Waals surface area contributed by atoms with Gasteiger partial charge < -0.3 is 20.1 Å². The quantitative estimate of drug-likeness (QED) is 0.751. The van der Waals surface area contributed by atoms with E-state index in [0.29, 0.717) is 32.1 Å². The molecule has 1 saturated heterocycles. The molecule has 0 aromatic carbocycles. The molecule has 0 unspecified atom stereocenters. The van der Waals surface area contributed by atoms with Crippen molar-refractivity contribution in [3.8, 4) is 0 Å². The third-order valence-corrected chi connectivity index (χ3v) is 4.48. The largest absolute Gasteiger partial charge is 0.481 e. The molecule has 0 spiro atoms. The van der Waals surface area contributed by atoms with E-state index in [0.717, 1.165) is 32.2 Å². The fourth-order valence-corrected chi connectivity index (χ4v) is 2.74. The van der Waals surface area contributed by atoms with Crippen LogP contribution in [0.5, 0.6) is 0 Å². The Balaban J connectivity index is 1.89. The lowest BCUT2D eigenvalue weighted by molar-refractivity contribution is -0.154. The van der Waals surface area contributed by atoms with E-state index >= 15 is 0 Å². The fraction of sp³-hybridized carbons (Fsp3) is 0.867. The second-order valence-corrected chi connectivity index (χ2v) is 6.13. The Morgan fingerprint density at radius 1 is 1.33 bits per heavy atom. The van der Waals surface area contributed by atoms with Crippen molar-refractivity contribution in [2.75, 3.05) is 26.3 Å². The second-order valence-electron chi connectivity index (χ2n) is 6.13. The standard InChI is InChI=1S/C15H26N2O4/c1-2-3-8-17(12-4-5-12)14(20)16-11-15(13(18)19)6-9-21-10-7-15/h12H,2-11H2,1H3,(H,16,20)(H,18,19). The number of ether oxygens (including phenoxy) is 1. The highest BCUT2D eigenvalue weighted by Gasteiger charge is 2.41. The number of nitrogens with zero attached hydrogens (tertiary/aromatic N) is 1. The number of rotatable bonds is 7. The van der Waals surface area contributed by atoms with E-state index in [9.17, 15) is 14.7 Å². The fourth-order valence-electron chi connectivity index (χ4n) is 2.74. The Hall–Kier alpha value is -1.30. The van der Waals surface area contributed by atoms with E-state index < -0.39 is 11.4 Å². The van der Waals surface area contributed by atoms with Crippen LogP contribution in [-0.4, -0.2) is 54.4 Å². The molecule has 0 bridgehead atoms. The summed E-state index contributed by atoms with van der Waals surface area (Å²) in [5.41, 5.74) is -0.867. The summed E-state index contributed by atoms with van der Waals surface area (Å²) in [4.78, 5) is 25.8. The third kappa shape index (κ3) is 4.09. The first-order valence-electron chi connectivity index (χ1n) is 7.95. The van der Waals surface area contributed by atoms with Crippen molar-refractivity contribution in [3.63, 3.8) is 0 Å². The monoisotopic (exact) mass is 298 g/mol. The van der Waals surface area contributed by atoms with Crippen LogP contribution in [0.4, 0.5) is 4.79 Å². The van der Waals surface area contributed by atoms with Crippen LogP contribution in [0.25, 0.3) is 0 Å². The maximum atomic E-state index is 12.3. The molecular formula is C15H26N2O4. The van der Waals surface area contributed by atoms with E-state index in [1.165, 1.54) is 0 Å². The van der Waals surface area contributed by atoms with Gasteiger partial charge in [0.05, 0.1) is 5.41 Å². The van der Waals surface area contributed by atoms with E-state index in [4.69, 9.17) is 4.74 Å². The summed E-state index contributed by atoms with van der Waals surface area (Å²) in [7, 11) is 0. The minimum Gasteiger partial charge on any atom is -0.481 e. The number of urea groups is 1. The summed E-state index contributed by atoms with van der Waals surface area (Å²) >= 11 is 0. The van der Waals surface area contributed by atoms with Crippen LogP contribution in [0.15, 0.2) is 0 Å². The molecule has 1 saturated carbocycles. The average Bonchev–Trinajstić information content (AvgIpc) is 3.31. The van der Waals surface area contributed by atoms with Gasteiger partial charge in [-0.25, -0.2) is 4.79 Å². The van der Waals surface area contributed by atoms with E-state index in [1.54, 1.807) is 0 Å². The number of amides is 2. The van der Waals surface area contributed by atoms with Crippen molar-refractivity contribution in [1.29, 1.82) is 0 Å². The summed E-state index contributed by atoms with van der Waals surface area (Å²) in [5.74, 6) is -0.836. The first-order valence-corrected chi connectivity index (χ1v) is 7.95. The number of carboxylic acid groups (broad SMARTS) is 1. The zero-order valence-corrected chi connectivity index (χ0v) is 12.8. The molecule has 0 atom stereocenters. The highest BCUT2D eigenvalue weighted by molar-refractivity contribution is 5.78. The molecule has 2 fully saturated rings. The van der Waals surface area contributed by atoms with Crippen molar-refractivity contribution in [1.82, 2.24) is 10.2 Å². The average molecular weight is 298 g/mol. The number of carbonyl (C=O) groups excluding carboxylic acids is 1. The van der Waals surface area contributed by atoms with E-state index in [1.807, 2.05) is 4.90 Å². The molecular weight excluding hydrogens is 272 g/mol. The predicted octanol–water partition coefficient (Wildman–Crippen LogP) is 1.84. The number of carbonyl (C=O) groups is 2.